The summed E-state index contributed by atoms with van der Waals surface area (Å²) in [5.74, 6) is 0. The van der Waals surface area contributed by atoms with Gasteiger partial charge in [0.25, 0.3) is 0 Å². The Morgan fingerprint density at radius 2 is 1.44 bits per heavy atom. The molecule has 1 unspecified atom stereocenters. The second-order valence-corrected chi connectivity index (χ2v) is 5.86. The molecule has 5 atom stereocenters. The van der Waals surface area contributed by atoms with E-state index in [1.165, 1.54) is 0 Å². The van der Waals surface area contributed by atoms with Gasteiger partial charge in [-0.1, -0.05) is 27.7 Å². The van der Waals surface area contributed by atoms with Gasteiger partial charge in [0.2, 0.25) is 0 Å². The third kappa shape index (κ3) is 3.17. The van der Waals surface area contributed by atoms with E-state index in [1.807, 2.05) is 6.92 Å². The molecule has 4 nitrogen and oxygen atoms in total. The minimum Gasteiger partial charge on any atom is -0.388 e. The summed E-state index contributed by atoms with van der Waals surface area (Å²) < 4.78 is 5.65. The Balaban J connectivity index is 2.71. The van der Waals surface area contributed by atoms with Crippen molar-refractivity contribution in [2.45, 2.75) is 71.1 Å². The van der Waals surface area contributed by atoms with Gasteiger partial charge in [-0.3, -0.25) is 0 Å². The van der Waals surface area contributed by atoms with Crippen molar-refractivity contribution in [1.82, 2.24) is 0 Å². The van der Waals surface area contributed by atoms with Crippen molar-refractivity contribution < 1.29 is 20.1 Å². The third-order valence-corrected chi connectivity index (χ3v) is 3.03. The van der Waals surface area contributed by atoms with Crippen LogP contribution in [0.5, 0.6) is 0 Å². The largest absolute Gasteiger partial charge is 0.388 e. The maximum Gasteiger partial charge on any atom is 0.111 e. The predicted molar refractivity (Wildman–Crippen MR) is 61.0 cm³/mol. The molecule has 1 saturated heterocycles. The predicted octanol–water partition coefficient (Wildman–Crippen LogP) is 0.683. The van der Waals surface area contributed by atoms with E-state index in [-0.39, 0.29) is 11.5 Å². The standard InChI is InChI=1S/C12H24O4/c1-5-7-9(13)11(15)10(14)8(16-7)6-12(2,3)4/h7-11,13-15H,5-6H2,1-4H3/t7-,8?,9-,10-,11+/m1/s1. The van der Waals surface area contributed by atoms with Crippen LogP contribution in [-0.4, -0.2) is 45.8 Å². The van der Waals surface area contributed by atoms with E-state index in [9.17, 15) is 15.3 Å². The van der Waals surface area contributed by atoms with Crippen LogP contribution in [0.2, 0.25) is 0 Å². The van der Waals surface area contributed by atoms with E-state index < -0.39 is 24.4 Å². The molecule has 16 heavy (non-hydrogen) atoms. The van der Waals surface area contributed by atoms with E-state index in [4.69, 9.17) is 4.74 Å². The highest BCUT2D eigenvalue weighted by Crippen LogP contribution is 2.31. The van der Waals surface area contributed by atoms with Gasteiger partial charge >= 0.3 is 0 Å². The minimum atomic E-state index is -1.11. The van der Waals surface area contributed by atoms with E-state index in [0.717, 1.165) is 0 Å². The Bertz CT molecular complexity index is 222. The zero-order valence-corrected chi connectivity index (χ0v) is 10.6. The molecular formula is C12H24O4. The fraction of sp³-hybridized carbons (Fsp3) is 1.00. The topological polar surface area (TPSA) is 69.9 Å². The molecule has 3 N–H and O–H groups in total. The summed E-state index contributed by atoms with van der Waals surface area (Å²) in [6.45, 7) is 8.07. The number of rotatable bonds is 2. The Morgan fingerprint density at radius 1 is 0.938 bits per heavy atom. The highest BCUT2D eigenvalue weighted by Gasteiger charge is 2.43. The number of ether oxygens (including phenoxy) is 1. The minimum absolute atomic E-state index is 0.0198. The average Bonchev–Trinajstić information content (AvgIpc) is 2.17. The lowest BCUT2D eigenvalue weighted by atomic mass is 9.83. The van der Waals surface area contributed by atoms with Gasteiger partial charge in [-0.05, 0) is 18.3 Å². The maximum absolute atomic E-state index is 9.85. The smallest absolute Gasteiger partial charge is 0.111 e. The molecule has 0 spiro atoms. The van der Waals surface area contributed by atoms with Gasteiger partial charge in [-0.2, -0.15) is 0 Å². The first-order valence-corrected chi connectivity index (χ1v) is 5.96. The van der Waals surface area contributed by atoms with Gasteiger partial charge in [0.1, 0.15) is 18.3 Å². The third-order valence-electron chi connectivity index (χ3n) is 3.03. The molecule has 0 amide bonds. The van der Waals surface area contributed by atoms with Crippen molar-refractivity contribution in [3.8, 4) is 0 Å². The van der Waals surface area contributed by atoms with Gasteiger partial charge in [-0.15, -0.1) is 0 Å². The molecule has 1 rings (SSSR count). The molecule has 0 radical (unpaired) electrons. The van der Waals surface area contributed by atoms with Crippen LogP contribution < -0.4 is 0 Å². The molecule has 1 aliphatic rings. The summed E-state index contributed by atoms with van der Waals surface area (Å²) in [5, 5.41) is 29.3. The molecule has 0 aromatic carbocycles. The first-order valence-electron chi connectivity index (χ1n) is 5.96. The molecule has 0 aromatic heterocycles. The molecule has 96 valence electrons. The summed E-state index contributed by atoms with van der Waals surface area (Å²) in [5.41, 5.74) is 0.0198. The summed E-state index contributed by atoms with van der Waals surface area (Å²) in [4.78, 5) is 0. The van der Waals surface area contributed by atoms with Gasteiger partial charge in [0, 0.05) is 0 Å². The van der Waals surface area contributed by atoms with Crippen LogP contribution in [-0.2, 0) is 4.74 Å². The monoisotopic (exact) mass is 232 g/mol. The van der Waals surface area contributed by atoms with Crippen LogP contribution in [0.3, 0.4) is 0 Å². The van der Waals surface area contributed by atoms with Crippen molar-refractivity contribution in [2.75, 3.05) is 0 Å². The van der Waals surface area contributed by atoms with Crippen molar-refractivity contribution in [2.24, 2.45) is 5.41 Å². The summed E-state index contributed by atoms with van der Waals surface area (Å²) in [6.07, 6.45) is -2.59. The number of hydrogen-bond acceptors (Lipinski definition) is 4. The molecule has 4 heteroatoms. The lowest BCUT2D eigenvalue weighted by molar-refractivity contribution is -0.227. The Kier molecular flexibility index (Phi) is 4.35. The molecule has 0 aliphatic carbocycles. The normalized spacial score (nSPS) is 41.1. The van der Waals surface area contributed by atoms with Gasteiger partial charge in [0.05, 0.1) is 12.2 Å². The Labute approximate surface area is 97.2 Å². The lowest BCUT2D eigenvalue weighted by Crippen LogP contribution is -2.57. The van der Waals surface area contributed by atoms with Crippen molar-refractivity contribution in [1.29, 1.82) is 0 Å². The molecule has 1 heterocycles. The quantitative estimate of drug-likeness (QED) is 0.655. The van der Waals surface area contributed by atoms with Crippen LogP contribution in [0, 0.1) is 5.41 Å². The average molecular weight is 232 g/mol. The van der Waals surface area contributed by atoms with Gasteiger partial charge < -0.3 is 20.1 Å². The highest BCUT2D eigenvalue weighted by molar-refractivity contribution is 4.92. The summed E-state index contributed by atoms with van der Waals surface area (Å²) in [7, 11) is 0. The maximum atomic E-state index is 9.85. The van der Waals surface area contributed by atoms with E-state index in [0.29, 0.717) is 12.8 Å². The van der Waals surface area contributed by atoms with Gasteiger partial charge in [0.15, 0.2) is 0 Å². The van der Waals surface area contributed by atoms with Gasteiger partial charge in [-0.25, -0.2) is 0 Å². The fourth-order valence-electron chi connectivity index (χ4n) is 2.14. The summed E-state index contributed by atoms with van der Waals surface area (Å²) in [6, 6.07) is 0. The van der Waals surface area contributed by atoms with Crippen LogP contribution in [0.15, 0.2) is 0 Å². The number of aliphatic hydroxyl groups excluding tert-OH is 3. The zero-order valence-electron chi connectivity index (χ0n) is 10.6. The number of hydrogen-bond donors (Lipinski definition) is 3. The first-order chi connectivity index (χ1) is 7.26. The van der Waals surface area contributed by atoms with Crippen molar-refractivity contribution in [3.63, 3.8) is 0 Å². The molecule has 0 bridgehead atoms. The first kappa shape index (κ1) is 13.9. The van der Waals surface area contributed by atoms with Crippen LogP contribution in [0.1, 0.15) is 40.5 Å². The summed E-state index contributed by atoms with van der Waals surface area (Å²) >= 11 is 0. The van der Waals surface area contributed by atoms with Crippen LogP contribution in [0.4, 0.5) is 0 Å². The van der Waals surface area contributed by atoms with E-state index >= 15 is 0 Å². The lowest BCUT2D eigenvalue weighted by Gasteiger charge is -2.42. The van der Waals surface area contributed by atoms with Crippen LogP contribution >= 0.6 is 0 Å². The molecule has 1 fully saturated rings. The fourth-order valence-corrected chi connectivity index (χ4v) is 2.14. The second-order valence-electron chi connectivity index (χ2n) is 5.86. The molecule has 1 aliphatic heterocycles. The van der Waals surface area contributed by atoms with Crippen LogP contribution in [0.25, 0.3) is 0 Å². The van der Waals surface area contributed by atoms with Crippen molar-refractivity contribution >= 4 is 0 Å². The molecule has 0 aromatic rings. The highest BCUT2D eigenvalue weighted by atomic mass is 16.5. The Hall–Kier alpha value is -0.160. The van der Waals surface area contributed by atoms with Crippen molar-refractivity contribution in [3.05, 3.63) is 0 Å². The second kappa shape index (κ2) is 5.00. The molecule has 0 saturated carbocycles. The Morgan fingerprint density at radius 3 is 1.88 bits per heavy atom. The SMILES string of the molecule is CC[C@H]1OC(CC(C)(C)C)[C@@H](O)[C@@H](O)[C@@H]1O. The van der Waals surface area contributed by atoms with E-state index in [1.54, 1.807) is 0 Å². The zero-order chi connectivity index (χ0) is 12.5. The molecular weight excluding hydrogens is 208 g/mol. The van der Waals surface area contributed by atoms with E-state index in [2.05, 4.69) is 20.8 Å². The number of aliphatic hydroxyl groups is 3.